The Morgan fingerprint density at radius 1 is 1.22 bits per heavy atom. The van der Waals surface area contributed by atoms with Gasteiger partial charge in [0.15, 0.2) is 0 Å². The van der Waals surface area contributed by atoms with Crippen molar-refractivity contribution >= 4 is 23.3 Å². The van der Waals surface area contributed by atoms with Crippen LogP contribution in [0.1, 0.15) is 32.1 Å². The molecule has 1 aliphatic rings. The van der Waals surface area contributed by atoms with Crippen LogP contribution in [0.5, 0.6) is 0 Å². The zero-order valence-electron chi connectivity index (χ0n) is 13.6. The lowest BCUT2D eigenvalue weighted by atomic mass is 10.2. The fourth-order valence-corrected chi connectivity index (χ4v) is 2.57. The molecule has 0 spiro atoms. The molecule has 1 aliphatic heterocycles. The normalized spacial score (nSPS) is 14.1. The summed E-state index contributed by atoms with van der Waals surface area (Å²) in [6, 6.07) is 7.16. The van der Waals surface area contributed by atoms with Gasteiger partial charge in [0, 0.05) is 44.6 Å². The molecule has 0 aliphatic carbocycles. The van der Waals surface area contributed by atoms with E-state index in [4.69, 9.17) is 4.74 Å². The molecule has 1 aromatic rings. The molecule has 0 bridgehead atoms. The van der Waals surface area contributed by atoms with Gasteiger partial charge in [-0.05, 0) is 49.9 Å². The number of urea groups is 1. The molecule has 0 radical (unpaired) electrons. The minimum absolute atomic E-state index is 0.164. The zero-order valence-corrected chi connectivity index (χ0v) is 13.6. The molecule has 0 atom stereocenters. The van der Waals surface area contributed by atoms with Crippen molar-refractivity contribution in [2.75, 3.05) is 37.0 Å². The number of amides is 3. The Labute approximate surface area is 137 Å². The van der Waals surface area contributed by atoms with Crippen LogP contribution >= 0.6 is 0 Å². The lowest BCUT2D eigenvalue weighted by Crippen LogP contribution is -2.29. The summed E-state index contributed by atoms with van der Waals surface area (Å²) in [5.41, 5.74) is 1.61. The molecule has 1 aromatic carbocycles. The van der Waals surface area contributed by atoms with E-state index < -0.39 is 0 Å². The van der Waals surface area contributed by atoms with Crippen molar-refractivity contribution in [3.05, 3.63) is 24.3 Å². The molecule has 3 amide bonds. The third kappa shape index (κ3) is 5.56. The molecule has 1 saturated heterocycles. The van der Waals surface area contributed by atoms with E-state index in [1.807, 2.05) is 24.3 Å². The third-order valence-corrected chi connectivity index (χ3v) is 3.82. The summed E-state index contributed by atoms with van der Waals surface area (Å²) >= 11 is 0. The van der Waals surface area contributed by atoms with Gasteiger partial charge in [-0.3, -0.25) is 4.79 Å². The average Bonchev–Trinajstić information content (AvgIpc) is 2.97. The van der Waals surface area contributed by atoms with E-state index in [0.29, 0.717) is 13.0 Å². The summed E-state index contributed by atoms with van der Waals surface area (Å²) in [7, 11) is 1.69. The standard InChI is InChI=1S/C17H25N3O3/c1-23-13-4-2-3-11-18-17(22)19-14-7-9-15(10-8-14)20-12-5-6-16(20)21/h7-10H,2-6,11-13H2,1H3,(H2,18,19,22). The van der Waals surface area contributed by atoms with Crippen molar-refractivity contribution in [1.82, 2.24) is 5.32 Å². The molecule has 2 rings (SSSR count). The molecule has 0 saturated carbocycles. The maximum absolute atomic E-state index is 11.8. The number of anilines is 2. The number of hydrogen-bond donors (Lipinski definition) is 2. The van der Waals surface area contributed by atoms with E-state index in [2.05, 4.69) is 10.6 Å². The number of unbranched alkanes of at least 4 members (excludes halogenated alkanes) is 2. The van der Waals surface area contributed by atoms with Gasteiger partial charge in [-0.1, -0.05) is 0 Å². The molecule has 6 nitrogen and oxygen atoms in total. The monoisotopic (exact) mass is 319 g/mol. The van der Waals surface area contributed by atoms with Gasteiger partial charge in [0.05, 0.1) is 0 Å². The molecule has 23 heavy (non-hydrogen) atoms. The van der Waals surface area contributed by atoms with Crippen LogP contribution in [-0.2, 0) is 9.53 Å². The Balaban J connectivity index is 1.70. The summed E-state index contributed by atoms with van der Waals surface area (Å²) < 4.78 is 4.98. The molecular formula is C17H25N3O3. The number of ether oxygens (including phenoxy) is 1. The molecule has 2 N–H and O–H groups in total. The number of nitrogens with zero attached hydrogens (tertiary/aromatic N) is 1. The van der Waals surface area contributed by atoms with E-state index in [-0.39, 0.29) is 11.9 Å². The first-order valence-electron chi connectivity index (χ1n) is 8.15. The van der Waals surface area contributed by atoms with Crippen LogP contribution in [0.3, 0.4) is 0 Å². The van der Waals surface area contributed by atoms with Gasteiger partial charge in [-0.25, -0.2) is 4.79 Å². The van der Waals surface area contributed by atoms with Gasteiger partial charge in [0.1, 0.15) is 0 Å². The molecule has 6 heteroatoms. The first-order chi connectivity index (χ1) is 11.2. The van der Waals surface area contributed by atoms with E-state index in [1.54, 1.807) is 12.0 Å². The lowest BCUT2D eigenvalue weighted by Gasteiger charge is -2.16. The highest BCUT2D eigenvalue weighted by atomic mass is 16.5. The topological polar surface area (TPSA) is 70.7 Å². The molecule has 0 aromatic heterocycles. The van der Waals surface area contributed by atoms with Crippen LogP contribution in [0.25, 0.3) is 0 Å². The van der Waals surface area contributed by atoms with Gasteiger partial charge in [-0.15, -0.1) is 0 Å². The number of hydrogen-bond acceptors (Lipinski definition) is 3. The highest BCUT2D eigenvalue weighted by molar-refractivity contribution is 5.96. The fraction of sp³-hybridized carbons (Fsp3) is 0.529. The predicted molar refractivity (Wildman–Crippen MR) is 90.8 cm³/mol. The van der Waals surface area contributed by atoms with Crippen molar-refractivity contribution in [1.29, 1.82) is 0 Å². The largest absolute Gasteiger partial charge is 0.385 e. The molecule has 0 unspecified atom stereocenters. The predicted octanol–water partition coefficient (Wildman–Crippen LogP) is 2.75. The number of carbonyl (C=O) groups excluding carboxylic acids is 2. The first-order valence-corrected chi connectivity index (χ1v) is 8.15. The zero-order chi connectivity index (χ0) is 16.5. The Bertz CT molecular complexity index is 516. The quantitative estimate of drug-likeness (QED) is 0.724. The summed E-state index contributed by atoms with van der Waals surface area (Å²) in [6.45, 7) is 2.18. The summed E-state index contributed by atoms with van der Waals surface area (Å²) in [5, 5.41) is 5.62. The minimum Gasteiger partial charge on any atom is -0.385 e. The SMILES string of the molecule is COCCCCCNC(=O)Nc1ccc(N2CCCC2=O)cc1. The van der Waals surface area contributed by atoms with Gasteiger partial charge < -0.3 is 20.3 Å². The Morgan fingerprint density at radius 3 is 2.65 bits per heavy atom. The van der Waals surface area contributed by atoms with Crippen LogP contribution in [0.15, 0.2) is 24.3 Å². The Hall–Kier alpha value is -2.08. The van der Waals surface area contributed by atoms with Crippen LogP contribution in [-0.4, -0.2) is 38.7 Å². The second-order valence-corrected chi connectivity index (χ2v) is 5.63. The van der Waals surface area contributed by atoms with Crippen LogP contribution in [0.2, 0.25) is 0 Å². The molecule has 1 fully saturated rings. The van der Waals surface area contributed by atoms with E-state index in [1.165, 1.54) is 0 Å². The van der Waals surface area contributed by atoms with Gasteiger partial charge in [0.2, 0.25) is 5.91 Å². The van der Waals surface area contributed by atoms with Crippen molar-refractivity contribution in [2.24, 2.45) is 0 Å². The molecule has 1 heterocycles. The second-order valence-electron chi connectivity index (χ2n) is 5.63. The number of carbonyl (C=O) groups is 2. The van der Waals surface area contributed by atoms with Crippen LogP contribution in [0, 0.1) is 0 Å². The van der Waals surface area contributed by atoms with Crippen molar-refractivity contribution in [2.45, 2.75) is 32.1 Å². The van der Waals surface area contributed by atoms with E-state index in [9.17, 15) is 9.59 Å². The summed E-state index contributed by atoms with van der Waals surface area (Å²) in [4.78, 5) is 25.3. The van der Waals surface area contributed by atoms with Crippen LogP contribution in [0.4, 0.5) is 16.2 Å². The summed E-state index contributed by atoms with van der Waals surface area (Å²) in [5.74, 6) is 0.164. The third-order valence-electron chi connectivity index (χ3n) is 3.82. The smallest absolute Gasteiger partial charge is 0.319 e. The average molecular weight is 319 g/mol. The lowest BCUT2D eigenvalue weighted by molar-refractivity contribution is -0.117. The number of benzene rings is 1. The number of methoxy groups -OCH3 is 1. The Morgan fingerprint density at radius 2 is 2.00 bits per heavy atom. The minimum atomic E-state index is -0.207. The van der Waals surface area contributed by atoms with Crippen molar-refractivity contribution in [3.8, 4) is 0 Å². The van der Waals surface area contributed by atoms with Gasteiger partial charge >= 0.3 is 6.03 Å². The fourth-order valence-electron chi connectivity index (χ4n) is 2.57. The number of rotatable bonds is 8. The van der Waals surface area contributed by atoms with Gasteiger partial charge in [0.25, 0.3) is 0 Å². The van der Waals surface area contributed by atoms with E-state index in [0.717, 1.165) is 50.2 Å². The maximum Gasteiger partial charge on any atom is 0.319 e. The highest BCUT2D eigenvalue weighted by Gasteiger charge is 2.21. The highest BCUT2D eigenvalue weighted by Crippen LogP contribution is 2.22. The summed E-state index contributed by atoms with van der Waals surface area (Å²) in [6.07, 6.45) is 4.51. The Kier molecular flexibility index (Phi) is 6.87. The van der Waals surface area contributed by atoms with E-state index >= 15 is 0 Å². The second kappa shape index (κ2) is 9.15. The van der Waals surface area contributed by atoms with Gasteiger partial charge in [-0.2, -0.15) is 0 Å². The first kappa shape index (κ1) is 17.3. The van der Waals surface area contributed by atoms with Crippen molar-refractivity contribution < 1.29 is 14.3 Å². The maximum atomic E-state index is 11.8. The number of nitrogens with one attached hydrogen (secondary N) is 2. The molecular weight excluding hydrogens is 294 g/mol. The molecule has 126 valence electrons. The van der Waals surface area contributed by atoms with Crippen LogP contribution < -0.4 is 15.5 Å². The van der Waals surface area contributed by atoms with Crippen molar-refractivity contribution in [3.63, 3.8) is 0 Å².